The van der Waals surface area contributed by atoms with Crippen LogP contribution in [0.2, 0.25) is 0 Å². The summed E-state index contributed by atoms with van der Waals surface area (Å²) in [4.78, 5) is 26.9. The van der Waals surface area contributed by atoms with Crippen molar-refractivity contribution in [3.63, 3.8) is 0 Å². The number of nitro groups is 1. The molecule has 1 aliphatic rings. The van der Waals surface area contributed by atoms with E-state index in [2.05, 4.69) is 14.9 Å². The number of thiophene rings is 1. The molecule has 0 saturated carbocycles. The van der Waals surface area contributed by atoms with Gasteiger partial charge >= 0.3 is 0 Å². The number of rotatable bonds is 4. The van der Waals surface area contributed by atoms with E-state index in [1.807, 2.05) is 36.0 Å². The van der Waals surface area contributed by atoms with Crippen LogP contribution in [0.3, 0.4) is 0 Å². The minimum atomic E-state index is -0.314. The smallest absolute Gasteiger partial charge is 0.279 e. The third-order valence-electron chi connectivity index (χ3n) is 5.12. The molecule has 4 aromatic rings. The first-order chi connectivity index (χ1) is 13.7. The number of nitrogens with one attached hydrogen (secondary N) is 1. The van der Waals surface area contributed by atoms with Gasteiger partial charge in [-0.3, -0.25) is 15.0 Å². The third-order valence-corrected chi connectivity index (χ3v) is 5.99. The maximum absolute atomic E-state index is 11.4. The Morgan fingerprint density at radius 2 is 2.21 bits per heavy atom. The maximum Gasteiger partial charge on any atom is 0.279 e. The van der Waals surface area contributed by atoms with Crippen LogP contribution in [-0.2, 0) is 19.5 Å². The average molecular weight is 391 g/mol. The number of aromatic nitrogens is 3. The molecule has 0 aliphatic carbocycles. The molecule has 0 spiro atoms. The topological polar surface area (TPSA) is 88.0 Å². The van der Waals surface area contributed by atoms with Crippen molar-refractivity contribution in [1.82, 2.24) is 19.9 Å². The van der Waals surface area contributed by atoms with Crippen molar-refractivity contribution in [3.8, 4) is 10.7 Å². The van der Waals surface area contributed by atoms with Gasteiger partial charge in [0.25, 0.3) is 5.69 Å². The number of fused-ring (bicyclic) bond motifs is 2. The summed E-state index contributed by atoms with van der Waals surface area (Å²) in [5.41, 5.74) is 4.11. The molecule has 140 valence electrons. The highest BCUT2D eigenvalue weighted by Crippen LogP contribution is 2.30. The lowest BCUT2D eigenvalue weighted by atomic mass is 10.1. The molecule has 8 heteroatoms. The molecule has 4 heterocycles. The van der Waals surface area contributed by atoms with E-state index in [0.29, 0.717) is 18.5 Å². The molecule has 5 rings (SSSR count). The lowest BCUT2D eigenvalue weighted by molar-refractivity contribution is -0.383. The molecule has 0 saturated heterocycles. The van der Waals surface area contributed by atoms with Crippen molar-refractivity contribution in [2.75, 3.05) is 6.54 Å². The van der Waals surface area contributed by atoms with Gasteiger partial charge in [0.05, 0.1) is 26.4 Å². The van der Waals surface area contributed by atoms with E-state index in [4.69, 9.17) is 4.98 Å². The van der Waals surface area contributed by atoms with Crippen LogP contribution >= 0.6 is 11.3 Å². The fraction of sp³-hybridized carbons (Fsp3) is 0.200. The van der Waals surface area contributed by atoms with E-state index in [0.717, 1.165) is 40.4 Å². The Labute approximate surface area is 164 Å². The second kappa shape index (κ2) is 6.81. The third kappa shape index (κ3) is 2.96. The van der Waals surface area contributed by atoms with Crippen LogP contribution in [0.4, 0.5) is 5.69 Å². The quantitative estimate of drug-likeness (QED) is 0.417. The van der Waals surface area contributed by atoms with E-state index in [1.54, 1.807) is 23.5 Å². The standard InChI is InChI=1S/C20H17N5O2S/c26-25(27)17-4-1-3-15-19(17)14(10-21-15)11-24-7-6-13-9-22-20(23-16(13)12-24)18-5-2-8-28-18/h1-5,8-10,21H,6-7,11-12H2. The summed E-state index contributed by atoms with van der Waals surface area (Å²) in [6.45, 7) is 2.23. The molecule has 0 unspecified atom stereocenters. The van der Waals surface area contributed by atoms with Crippen LogP contribution in [0.5, 0.6) is 0 Å². The number of nitrogens with zero attached hydrogens (tertiary/aromatic N) is 4. The minimum Gasteiger partial charge on any atom is -0.361 e. The van der Waals surface area contributed by atoms with Gasteiger partial charge in [0.2, 0.25) is 0 Å². The minimum absolute atomic E-state index is 0.147. The van der Waals surface area contributed by atoms with E-state index in [1.165, 1.54) is 5.56 Å². The van der Waals surface area contributed by atoms with Crippen LogP contribution in [0, 0.1) is 10.1 Å². The second-order valence-corrected chi connectivity index (χ2v) is 7.82. The molecule has 0 radical (unpaired) electrons. The van der Waals surface area contributed by atoms with Crippen molar-refractivity contribution in [1.29, 1.82) is 0 Å². The zero-order chi connectivity index (χ0) is 19.1. The number of benzene rings is 1. The van der Waals surface area contributed by atoms with Gasteiger partial charge < -0.3 is 4.98 Å². The van der Waals surface area contributed by atoms with E-state index in [9.17, 15) is 10.1 Å². The van der Waals surface area contributed by atoms with Gasteiger partial charge in [0.1, 0.15) is 0 Å². The number of H-pyrrole nitrogens is 1. The first-order valence-electron chi connectivity index (χ1n) is 9.03. The summed E-state index contributed by atoms with van der Waals surface area (Å²) in [6.07, 6.45) is 4.69. The molecule has 0 atom stereocenters. The van der Waals surface area contributed by atoms with Gasteiger partial charge in [0, 0.05) is 38.1 Å². The van der Waals surface area contributed by atoms with Crippen LogP contribution in [-0.4, -0.2) is 31.3 Å². The molecule has 0 fully saturated rings. The molecule has 0 amide bonds. The highest BCUT2D eigenvalue weighted by Gasteiger charge is 2.22. The zero-order valence-electron chi connectivity index (χ0n) is 15.0. The SMILES string of the molecule is O=[N+]([O-])c1cccc2[nH]cc(CN3CCc4cnc(-c5cccs5)nc4C3)c12. The van der Waals surface area contributed by atoms with Crippen LogP contribution < -0.4 is 0 Å². The highest BCUT2D eigenvalue weighted by molar-refractivity contribution is 7.13. The van der Waals surface area contributed by atoms with Crippen LogP contribution in [0.1, 0.15) is 16.8 Å². The van der Waals surface area contributed by atoms with Crippen molar-refractivity contribution >= 4 is 27.9 Å². The molecule has 1 aliphatic heterocycles. The first-order valence-corrected chi connectivity index (χ1v) is 9.91. The predicted octanol–water partition coefficient (Wildman–Crippen LogP) is 4.15. The summed E-state index contributed by atoms with van der Waals surface area (Å²) >= 11 is 1.63. The Kier molecular flexibility index (Phi) is 4.14. The molecule has 1 aromatic carbocycles. The summed E-state index contributed by atoms with van der Waals surface area (Å²) in [5, 5.41) is 14.1. The summed E-state index contributed by atoms with van der Waals surface area (Å²) in [6, 6.07) is 9.17. The monoisotopic (exact) mass is 391 g/mol. The molecule has 28 heavy (non-hydrogen) atoms. The summed E-state index contributed by atoms with van der Waals surface area (Å²) in [7, 11) is 0. The summed E-state index contributed by atoms with van der Waals surface area (Å²) < 4.78 is 0. The number of hydrogen-bond acceptors (Lipinski definition) is 6. The van der Waals surface area contributed by atoms with E-state index >= 15 is 0 Å². The number of nitro benzene ring substituents is 1. The Morgan fingerprint density at radius 1 is 1.29 bits per heavy atom. The maximum atomic E-state index is 11.4. The van der Waals surface area contributed by atoms with E-state index in [-0.39, 0.29) is 10.6 Å². The van der Waals surface area contributed by atoms with Gasteiger partial charge in [-0.1, -0.05) is 12.1 Å². The van der Waals surface area contributed by atoms with Crippen molar-refractivity contribution in [2.24, 2.45) is 0 Å². The molecule has 3 aromatic heterocycles. The van der Waals surface area contributed by atoms with Gasteiger partial charge in [-0.2, -0.15) is 0 Å². The Morgan fingerprint density at radius 3 is 3.04 bits per heavy atom. The lowest BCUT2D eigenvalue weighted by Gasteiger charge is -2.27. The van der Waals surface area contributed by atoms with Crippen LogP contribution in [0.25, 0.3) is 21.6 Å². The average Bonchev–Trinajstić information content (AvgIpc) is 3.38. The fourth-order valence-corrected chi connectivity index (χ4v) is 4.43. The highest BCUT2D eigenvalue weighted by atomic mass is 32.1. The van der Waals surface area contributed by atoms with Crippen molar-refractivity contribution < 1.29 is 4.92 Å². The Balaban J connectivity index is 1.44. The number of non-ortho nitro benzene ring substituents is 1. The molecular formula is C20H17N5O2S. The van der Waals surface area contributed by atoms with Gasteiger partial charge in [-0.25, -0.2) is 9.97 Å². The Hall–Kier alpha value is -3.10. The van der Waals surface area contributed by atoms with Crippen molar-refractivity contribution in [2.45, 2.75) is 19.5 Å². The predicted molar refractivity (Wildman–Crippen MR) is 108 cm³/mol. The summed E-state index contributed by atoms with van der Waals surface area (Å²) in [5.74, 6) is 0.762. The lowest BCUT2D eigenvalue weighted by Crippen LogP contribution is -2.31. The molecule has 1 N–H and O–H groups in total. The second-order valence-electron chi connectivity index (χ2n) is 6.87. The van der Waals surface area contributed by atoms with Gasteiger partial charge in [-0.15, -0.1) is 11.3 Å². The Bertz CT molecular complexity index is 1170. The van der Waals surface area contributed by atoms with E-state index < -0.39 is 0 Å². The molecule has 0 bridgehead atoms. The van der Waals surface area contributed by atoms with Crippen molar-refractivity contribution in [3.05, 3.63) is 75.0 Å². The normalized spacial score (nSPS) is 14.3. The first kappa shape index (κ1) is 17.0. The fourth-order valence-electron chi connectivity index (χ4n) is 3.77. The van der Waals surface area contributed by atoms with Gasteiger partial charge in [0.15, 0.2) is 5.82 Å². The number of aromatic amines is 1. The van der Waals surface area contributed by atoms with Gasteiger partial charge in [-0.05, 0) is 35.1 Å². The zero-order valence-corrected chi connectivity index (χ0v) is 15.8. The molecule has 7 nitrogen and oxygen atoms in total. The largest absolute Gasteiger partial charge is 0.361 e. The van der Waals surface area contributed by atoms with Crippen LogP contribution in [0.15, 0.2) is 48.1 Å². The number of hydrogen-bond donors (Lipinski definition) is 1. The molecular weight excluding hydrogens is 374 g/mol.